The number of nitrogen functional groups attached to an aromatic ring is 1. The Hall–Kier alpha value is -3.71. The van der Waals surface area contributed by atoms with Crippen LogP contribution in [-0.4, -0.2) is 15.7 Å². The summed E-state index contributed by atoms with van der Waals surface area (Å²) in [6.45, 7) is 1.47. The van der Waals surface area contributed by atoms with Crippen LogP contribution in [0.15, 0.2) is 42.6 Å². The quantitative estimate of drug-likeness (QED) is 0.328. The van der Waals surface area contributed by atoms with E-state index in [1.165, 1.54) is 12.1 Å². The first-order chi connectivity index (χ1) is 16.0. The highest BCUT2D eigenvalue weighted by Crippen LogP contribution is 2.41. The number of carbonyl (C=O) groups excluding carboxylic acids is 1. The number of hydrogen-bond donors (Lipinski definition) is 2. The first-order valence-corrected chi connectivity index (χ1v) is 9.56. The van der Waals surface area contributed by atoms with E-state index in [1.807, 2.05) is 0 Å². The van der Waals surface area contributed by atoms with Gasteiger partial charge in [0, 0.05) is 17.6 Å². The standard InChI is InChI=1S/C21H15F9N4O/c1-10-6-11(2-5-16(10)31)8-34-9-13(17(33-34)21(28,29)30)18(35)32-12-3-4-14(19(22,23)24)15(7-12)20(25,26)27/h2-7,9H,8,31H2,1H3,(H,32,35). The van der Waals surface area contributed by atoms with Crippen molar-refractivity contribution in [3.05, 3.63) is 76.1 Å². The molecule has 14 heteroatoms. The van der Waals surface area contributed by atoms with Gasteiger partial charge in [-0.1, -0.05) is 12.1 Å². The fourth-order valence-corrected chi connectivity index (χ4v) is 3.20. The molecule has 1 aromatic heterocycles. The zero-order valence-corrected chi connectivity index (χ0v) is 17.5. The molecular formula is C21H15F9N4O. The van der Waals surface area contributed by atoms with Gasteiger partial charge in [0.1, 0.15) is 0 Å². The van der Waals surface area contributed by atoms with Crippen molar-refractivity contribution in [2.45, 2.75) is 32.0 Å². The maximum atomic E-state index is 13.5. The van der Waals surface area contributed by atoms with Crippen molar-refractivity contribution in [3.8, 4) is 0 Å². The predicted octanol–water partition coefficient (Wildman–Crippen LogP) is 6.13. The molecule has 0 bridgehead atoms. The van der Waals surface area contributed by atoms with Crippen LogP contribution < -0.4 is 11.1 Å². The van der Waals surface area contributed by atoms with Gasteiger partial charge in [0.2, 0.25) is 0 Å². The van der Waals surface area contributed by atoms with Crippen molar-refractivity contribution in [2.24, 2.45) is 0 Å². The summed E-state index contributed by atoms with van der Waals surface area (Å²) in [5, 5.41) is 5.15. The Morgan fingerprint density at radius 1 is 0.914 bits per heavy atom. The van der Waals surface area contributed by atoms with E-state index in [4.69, 9.17) is 5.73 Å². The first-order valence-electron chi connectivity index (χ1n) is 9.56. The fraction of sp³-hybridized carbons (Fsp3) is 0.238. The Labute approximate surface area is 191 Å². The van der Waals surface area contributed by atoms with Gasteiger partial charge in [-0.15, -0.1) is 0 Å². The minimum Gasteiger partial charge on any atom is -0.399 e. The number of aromatic nitrogens is 2. The number of nitrogens with one attached hydrogen (secondary N) is 1. The molecule has 0 spiro atoms. The molecule has 2 aromatic carbocycles. The molecular weight excluding hydrogens is 495 g/mol. The van der Waals surface area contributed by atoms with Crippen molar-refractivity contribution in [1.29, 1.82) is 0 Å². The molecule has 0 radical (unpaired) electrons. The number of nitrogens with two attached hydrogens (primary N) is 1. The van der Waals surface area contributed by atoms with Crippen LogP contribution in [0.4, 0.5) is 50.9 Å². The number of aryl methyl sites for hydroxylation is 1. The summed E-state index contributed by atoms with van der Waals surface area (Å²) in [7, 11) is 0. The average Bonchev–Trinajstić information content (AvgIpc) is 3.14. The Morgan fingerprint density at radius 2 is 1.54 bits per heavy atom. The number of nitrogens with zero attached hydrogens (tertiary/aromatic N) is 2. The van der Waals surface area contributed by atoms with Gasteiger partial charge in [-0.05, 0) is 42.3 Å². The Balaban J connectivity index is 1.96. The van der Waals surface area contributed by atoms with Crippen molar-refractivity contribution >= 4 is 17.3 Å². The van der Waals surface area contributed by atoms with E-state index in [2.05, 4.69) is 5.10 Å². The van der Waals surface area contributed by atoms with Gasteiger partial charge in [0.15, 0.2) is 5.69 Å². The second kappa shape index (κ2) is 8.82. The summed E-state index contributed by atoms with van der Waals surface area (Å²) < 4.78 is 119. The summed E-state index contributed by atoms with van der Waals surface area (Å²) in [6, 6.07) is 5.22. The molecule has 188 valence electrons. The summed E-state index contributed by atoms with van der Waals surface area (Å²) in [4.78, 5) is 12.5. The summed E-state index contributed by atoms with van der Waals surface area (Å²) in [5.74, 6) is -1.51. The molecule has 3 aromatic rings. The molecule has 1 amide bonds. The number of hydrogen-bond acceptors (Lipinski definition) is 3. The van der Waals surface area contributed by atoms with Crippen molar-refractivity contribution < 1.29 is 44.3 Å². The molecule has 0 aliphatic rings. The van der Waals surface area contributed by atoms with Gasteiger partial charge in [0.05, 0.1) is 23.2 Å². The minimum absolute atomic E-state index is 0.00441. The number of anilines is 2. The minimum atomic E-state index is -5.44. The molecule has 1 heterocycles. The molecule has 0 fully saturated rings. The fourth-order valence-electron chi connectivity index (χ4n) is 3.20. The maximum Gasteiger partial charge on any atom is 0.435 e. The van der Waals surface area contributed by atoms with Gasteiger partial charge >= 0.3 is 18.5 Å². The van der Waals surface area contributed by atoms with Crippen LogP contribution in [0.2, 0.25) is 0 Å². The van der Waals surface area contributed by atoms with Crippen LogP contribution in [0.25, 0.3) is 0 Å². The third kappa shape index (κ3) is 5.87. The van der Waals surface area contributed by atoms with E-state index in [9.17, 15) is 44.3 Å². The van der Waals surface area contributed by atoms with Gasteiger partial charge in [-0.3, -0.25) is 9.48 Å². The number of halogens is 9. The maximum absolute atomic E-state index is 13.5. The highest BCUT2D eigenvalue weighted by molar-refractivity contribution is 6.05. The van der Waals surface area contributed by atoms with Crippen molar-refractivity contribution in [3.63, 3.8) is 0 Å². The lowest BCUT2D eigenvalue weighted by molar-refractivity contribution is -0.162. The van der Waals surface area contributed by atoms with Crippen LogP contribution >= 0.6 is 0 Å². The molecule has 5 nitrogen and oxygen atoms in total. The highest BCUT2D eigenvalue weighted by atomic mass is 19.4. The van der Waals surface area contributed by atoms with Gasteiger partial charge < -0.3 is 11.1 Å². The van der Waals surface area contributed by atoms with Crippen LogP contribution in [-0.2, 0) is 25.1 Å². The number of alkyl halides is 9. The monoisotopic (exact) mass is 510 g/mol. The molecule has 35 heavy (non-hydrogen) atoms. The Morgan fingerprint density at radius 3 is 2.09 bits per heavy atom. The van der Waals surface area contributed by atoms with E-state index in [0.29, 0.717) is 22.9 Å². The number of carbonyl (C=O) groups is 1. The van der Waals surface area contributed by atoms with Crippen molar-refractivity contribution in [2.75, 3.05) is 11.1 Å². The van der Waals surface area contributed by atoms with E-state index in [0.717, 1.165) is 10.9 Å². The van der Waals surface area contributed by atoms with Crippen LogP contribution in [0, 0.1) is 6.92 Å². The average molecular weight is 510 g/mol. The predicted molar refractivity (Wildman–Crippen MR) is 106 cm³/mol. The van der Waals surface area contributed by atoms with Crippen LogP contribution in [0.1, 0.15) is 38.3 Å². The van der Waals surface area contributed by atoms with Gasteiger partial charge in [-0.2, -0.15) is 44.6 Å². The second-order valence-corrected chi connectivity index (χ2v) is 7.49. The van der Waals surface area contributed by atoms with Gasteiger partial charge in [-0.25, -0.2) is 0 Å². The van der Waals surface area contributed by atoms with Crippen LogP contribution in [0.3, 0.4) is 0 Å². The molecule has 3 N–H and O–H groups in total. The molecule has 0 aliphatic heterocycles. The highest BCUT2D eigenvalue weighted by Gasteiger charge is 2.43. The van der Waals surface area contributed by atoms with Gasteiger partial charge in [0.25, 0.3) is 5.91 Å². The van der Waals surface area contributed by atoms with Crippen LogP contribution in [0.5, 0.6) is 0 Å². The number of amides is 1. The summed E-state index contributed by atoms with van der Waals surface area (Å²) in [5.41, 5.74) is -0.268. The molecule has 0 aliphatic carbocycles. The summed E-state index contributed by atoms with van der Waals surface area (Å²) in [6.07, 6.45) is -15.2. The molecule has 0 saturated heterocycles. The summed E-state index contributed by atoms with van der Waals surface area (Å²) >= 11 is 0. The number of benzene rings is 2. The first kappa shape index (κ1) is 25.9. The largest absolute Gasteiger partial charge is 0.435 e. The smallest absolute Gasteiger partial charge is 0.399 e. The lowest BCUT2D eigenvalue weighted by atomic mass is 10.1. The van der Waals surface area contributed by atoms with E-state index in [1.54, 1.807) is 18.3 Å². The Kier molecular flexibility index (Phi) is 6.53. The molecule has 0 unspecified atom stereocenters. The third-order valence-corrected chi connectivity index (χ3v) is 4.84. The van der Waals surface area contributed by atoms with Crippen molar-refractivity contribution in [1.82, 2.24) is 9.78 Å². The number of rotatable bonds is 4. The molecule has 3 rings (SSSR count). The zero-order valence-electron chi connectivity index (χ0n) is 17.5. The molecule has 0 saturated carbocycles. The van der Waals surface area contributed by atoms with E-state index >= 15 is 0 Å². The second-order valence-electron chi connectivity index (χ2n) is 7.49. The third-order valence-electron chi connectivity index (χ3n) is 4.84. The SMILES string of the molecule is Cc1cc(Cn2cc(C(=O)Nc3ccc(C(F)(F)F)c(C(F)(F)F)c3)c(C(F)(F)F)n2)ccc1N. The van der Waals surface area contributed by atoms with E-state index in [-0.39, 0.29) is 18.7 Å². The Bertz CT molecular complexity index is 1260. The zero-order chi connectivity index (χ0) is 26.3. The topological polar surface area (TPSA) is 72.9 Å². The lowest BCUT2D eigenvalue weighted by Gasteiger charge is -2.17. The normalized spacial score (nSPS) is 12.6. The van der Waals surface area contributed by atoms with E-state index < -0.39 is 52.5 Å². The molecule has 0 atom stereocenters. The lowest BCUT2D eigenvalue weighted by Crippen LogP contribution is -2.20.